The number of amides is 1. The lowest BCUT2D eigenvalue weighted by Crippen LogP contribution is -2.45. The van der Waals surface area contributed by atoms with Crippen molar-refractivity contribution in [3.63, 3.8) is 0 Å². The van der Waals surface area contributed by atoms with Gasteiger partial charge in [0.1, 0.15) is 5.82 Å². The third-order valence-corrected chi connectivity index (χ3v) is 4.66. The predicted molar refractivity (Wildman–Crippen MR) is 98.2 cm³/mol. The van der Waals surface area contributed by atoms with Gasteiger partial charge in [0.15, 0.2) is 6.61 Å². The first-order chi connectivity index (χ1) is 13.2. The van der Waals surface area contributed by atoms with Gasteiger partial charge in [-0.2, -0.15) is 4.98 Å². The van der Waals surface area contributed by atoms with Crippen LogP contribution in [0.4, 0.5) is 4.39 Å². The van der Waals surface area contributed by atoms with Crippen molar-refractivity contribution in [1.82, 2.24) is 15.0 Å². The number of piperidine rings is 1. The van der Waals surface area contributed by atoms with E-state index in [2.05, 4.69) is 10.1 Å². The molecule has 0 radical (unpaired) electrons. The average molecular weight is 389 g/mol. The summed E-state index contributed by atoms with van der Waals surface area (Å²) in [5, 5.41) is 3.78. The molecule has 7 nitrogen and oxygen atoms in total. The number of likely N-dealkylation sites (tertiary alicyclic amines) is 1. The highest BCUT2D eigenvalue weighted by Gasteiger charge is 2.33. The molecular formula is C20H24FN3O4. The lowest BCUT2D eigenvalue weighted by Gasteiger charge is -2.34. The molecule has 0 bridgehead atoms. The van der Waals surface area contributed by atoms with Gasteiger partial charge in [0, 0.05) is 24.1 Å². The minimum absolute atomic E-state index is 0.0926. The maximum absolute atomic E-state index is 13.0. The number of ether oxygens (including phenoxy) is 1. The van der Waals surface area contributed by atoms with Crippen LogP contribution in [-0.4, -0.2) is 40.0 Å². The molecule has 1 amide bonds. The first kappa shape index (κ1) is 20.0. The van der Waals surface area contributed by atoms with Crippen molar-refractivity contribution >= 4 is 11.9 Å². The molecule has 0 saturated carbocycles. The molecule has 0 unspecified atom stereocenters. The average Bonchev–Trinajstić information content (AvgIpc) is 3.14. The standard InChI is InChI=1S/C20H24FN3O4/c1-20(2,3)19(26)24-10-8-14(9-11-24)18(25)27-12-16-22-17(28-23-16)13-4-6-15(21)7-5-13/h4-7,14H,8-12H2,1-3H3. The van der Waals surface area contributed by atoms with Crippen LogP contribution in [0.1, 0.15) is 39.4 Å². The number of hydrogen-bond donors (Lipinski definition) is 0. The zero-order chi connectivity index (χ0) is 20.3. The fourth-order valence-electron chi connectivity index (χ4n) is 3.07. The Labute approximate surface area is 162 Å². The summed E-state index contributed by atoms with van der Waals surface area (Å²) in [6.07, 6.45) is 1.15. The van der Waals surface area contributed by atoms with Gasteiger partial charge in [-0.3, -0.25) is 9.59 Å². The summed E-state index contributed by atoms with van der Waals surface area (Å²) in [6, 6.07) is 5.67. The predicted octanol–water partition coefficient (Wildman–Crippen LogP) is 3.20. The molecule has 1 aromatic carbocycles. The largest absolute Gasteiger partial charge is 0.457 e. The number of carbonyl (C=O) groups excluding carboxylic acids is 2. The molecule has 150 valence electrons. The maximum atomic E-state index is 13.0. The zero-order valence-corrected chi connectivity index (χ0v) is 16.3. The molecule has 1 aliphatic heterocycles. The van der Waals surface area contributed by atoms with Crippen molar-refractivity contribution in [1.29, 1.82) is 0 Å². The van der Waals surface area contributed by atoms with Gasteiger partial charge in [0.05, 0.1) is 5.92 Å². The molecule has 2 aromatic rings. The first-order valence-electron chi connectivity index (χ1n) is 9.28. The number of halogens is 1. The van der Waals surface area contributed by atoms with Crippen molar-refractivity contribution < 1.29 is 23.2 Å². The molecule has 0 atom stereocenters. The van der Waals surface area contributed by atoms with Crippen molar-refractivity contribution in [3.8, 4) is 11.5 Å². The Morgan fingerprint density at radius 3 is 2.46 bits per heavy atom. The summed E-state index contributed by atoms with van der Waals surface area (Å²) >= 11 is 0. The van der Waals surface area contributed by atoms with E-state index in [1.807, 2.05) is 20.8 Å². The highest BCUT2D eigenvalue weighted by atomic mass is 19.1. The Morgan fingerprint density at radius 2 is 1.86 bits per heavy atom. The van der Waals surface area contributed by atoms with Gasteiger partial charge in [0.25, 0.3) is 5.89 Å². The lowest BCUT2D eigenvalue weighted by molar-refractivity contribution is -0.154. The Morgan fingerprint density at radius 1 is 1.21 bits per heavy atom. The van der Waals surface area contributed by atoms with Crippen molar-refractivity contribution in [2.75, 3.05) is 13.1 Å². The van der Waals surface area contributed by atoms with E-state index >= 15 is 0 Å². The number of nitrogens with zero attached hydrogens (tertiary/aromatic N) is 3. The second kappa shape index (κ2) is 8.08. The molecule has 8 heteroatoms. The molecule has 3 rings (SSSR count). The maximum Gasteiger partial charge on any atom is 0.309 e. The smallest absolute Gasteiger partial charge is 0.309 e. The van der Waals surface area contributed by atoms with Gasteiger partial charge in [0.2, 0.25) is 11.7 Å². The van der Waals surface area contributed by atoms with E-state index < -0.39 is 5.41 Å². The Kier molecular flexibility index (Phi) is 5.76. The van der Waals surface area contributed by atoms with Crippen molar-refractivity contribution in [3.05, 3.63) is 35.9 Å². The number of rotatable bonds is 4. The molecule has 1 fully saturated rings. The highest BCUT2D eigenvalue weighted by Crippen LogP contribution is 2.24. The minimum Gasteiger partial charge on any atom is -0.457 e. The van der Waals surface area contributed by atoms with Crippen molar-refractivity contribution in [2.24, 2.45) is 11.3 Å². The van der Waals surface area contributed by atoms with Crippen molar-refractivity contribution in [2.45, 2.75) is 40.2 Å². The monoisotopic (exact) mass is 389 g/mol. The second-order valence-electron chi connectivity index (χ2n) is 7.95. The van der Waals surface area contributed by atoms with Gasteiger partial charge in [-0.15, -0.1) is 0 Å². The molecule has 1 aliphatic rings. The minimum atomic E-state index is -0.422. The number of aromatic nitrogens is 2. The molecule has 0 N–H and O–H groups in total. The zero-order valence-electron chi connectivity index (χ0n) is 16.3. The topological polar surface area (TPSA) is 85.5 Å². The fraction of sp³-hybridized carbons (Fsp3) is 0.500. The Hall–Kier alpha value is -2.77. The van der Waals surface area contributed by atoms with E-state index in [0.717, 1.165) is 0 Å². The quantitative estimate of drug-likeness (QED) is 0.747. The molecule has 1 aromatic heterocycles. The van der Waals surface area contributed by atoms with Crippen LogP contribution in [0.15, 0.2) is 28.8 Å². The SMILES string of the molecule is CC(C)(C)C(=O)N1CCC(C(=O)OCc2noc(-c3ccc(F)cc3)n2)CC1. The van der Waals surface area contributed by atoms with Crippen LogP contribution in [-0.2, 0) is 20.9 Å². The molecule has 0 aliphatic carbocycles. The Balaban J connectivity index is 1.49. The molecule has 2 heterocycles. The summed E-state index contributed by atoms with van der Waals surface area (Å²) < 4.78 is 23.4. The first-order valence-corrected chi connectivity index (χ1v) is 9.28. The Bertz CT molecular complexity index is 834. The van der Waals surface area contributed by atoms with Crippen LogP contribution < -0.4 is 0 Å². The van der Waals surface area contributed by atoms with Gasteiger partial charge >= 0.3 is 5.97 Å². The van der Waals surface area contributed by atoms with E-state index in [4.69, 9.17) is 9.26 Å². The third-order valence-electron chi connectivity index (χ3n) is 4.66. The normalized spacial score (nSPS) is 15.5. The van der Waals surface area contributed by atoms with Gasteiger partial charge in [-0.25, -0.2) is 4.39 Å². The summed E-state index contributed by atoms with van der Waals surface area (Å²) in [5.41, 5.74) is 0.163. The van der Waals surface area contributed by atoms with E-state index in [0.29, 0.717) is 31.5 Å². The van der Waals surface area contributed by atoms with E-state index in [1.54, 1.807) is 4.90 Å². The van der Waals surface area contributed by atoms with Crippen LogP contribution in [0.25, 0.3) is 11.5 Å². The number of hydrogen-bond acceptors (Lipinski definition) is 6. The number of carbonyl (C=O) groups is 2. The molecule has 28 heavy (non-hydrogen) atoms. The van der Waals surface area contributed by atoms with Crippen LogP contribution in [0, 0.1) is 17.2 Å². The van der Waals surface area contributed by atoms with E-state index in [9.17, 15) is 14.0 Å². The summed E-state index contributed by atoms with van der Waals surface area (Å²) in [6.45, 7) is 6.67. The van der Waals surface area contributed by atoms with Gasteiger partial charge < -0.3 is 14.2 Å². The molecule has 0 spiro atoms. The molecule has 1 saturated heterocycles. The van der Waals surface area contributed by atoms with Crippen LogP contribution >= 0.6 is 0 Å². The second-order valence-corrected chi connectivity index (χ2v) is 7.95. The number of esters is 1. The lowest BCUT2D eigenvalue weighted by atomic mass is 9.91. The van der Waals surface area contributed by atoms with Gasteiger partial charge in [-0.05, 0) is 37.1 Å². The summed E-state index contributed by atoms with van der Waals surface area (Å²) in [7, 11) is 0. The molecular weight excluding hydrogens is 365 g/mol. The van der Waals surface area contributed by atoms with E-state index in [-0.39, 0.29) is 41.9 Å². The van der Waals surface area contributed by atoms with Gasteiger partial charge in [-0.1, -0.05) is 25.9 Å². The summed E-state index contributed by atoms with van der Waals surface area (Å²) in [4.78, 5) is 30.6. The van der Waals surface area contributed by atoms with Crippen LogP contribution in [0.2, 0.25) is 0 Å². The highest BCUT2D eigenvalue weighted by molar-refractivity contribution is 5.82. The van der Waals surface area contributed by atoms with Crippen LogP contribution in [0.5, 0.6) is 0 Å². The van der Waals surface area contributed by atoms with E-state index in [1.165, 1.54) is 24.3 Å². The number of benzene rings is 1. The third kappa shape index (κ3) is 4.74. The van der Waals surface area contributed by atoms with Crippen LogP contribution in [0.3, 0.4) is 0 Å². The summed E-state index contributed by atoms with van der Waals surface area (Å²) in [5.74, 6) is -0.344. The fourth-order valence-corrected chi connectivity index (χ4v) is 3.07.